The fraction of sp³-hybridized carbons (Fsp3) is 0.611. The molecule has 7 rings (SSSR count). The highest BCUT2D eigenvalue weighted by Crippen LogP contribution is 2.51. The minimum atomic E-state index is -4.63. The predicted molar refractivity (Wildman–Crippen MR) is 177 cm³/mol. The Morgan fingerprint density at radius 2 is 1.80 bits per heavy atom. The van der Waals surface area contributed by atoms with Crippen LogP contribution >= 0.6 is 0 Å². The third-order valence-corrected chi connectivity index (χ3v) is 11.1. The van der Waals surface area contributed by atoms with Crippen LogP contribution < -0.4 is 9.64 Å². The number of methoxy groups -OCH3 is 1. The van der Waals surface area contributed by atoms with Gasteiger partial charge < -0.3 is 18.9 Å². The number of piperazine rings is 1. The van der Waals surface area contributed by atoms with Gasteiger partial charge in [-0.15, -0.1) is 10.2 Å². The molecule has 0 spiro atoms. The van der Waals surface area contributed by atoms with Crippen LogP contribution in [-0.4, -0.2) is 87.5 Å². The second kappa shape index (κ2) is 13.0. The zero-order valence-corrected chi connectivity index (χ0v) is 29.0. The molecule has 0 radical (unpaired) electrons. The summed E-state index contributed by atoms with van der Waals surface area (Å²) >= 11 is 0. The number of aromatic nitrogens is 4. The van der Waals surface area contributed by atoms with Gasteiger partial charge in [0.15, 0.2) is 0 Å². The number of anilines is 1. The molecule has 264 valence electrons. The molecule has 1 atom stereocenters. The van der Waals surface area contributed by atoms with Gasteiger partial charge >= 0.3 is 6.18 Å². The zero-order valence-electron chi connectivity index (χ0n) is 29.0. The summed E-state index contributed by atoms with van der Waals surface area (Å²) < 4.78 is 58.2. The van der Waals surface area contributed by atoms with Gasteiger partial charge in [0, 0.05) is 58.0 Å². The van der Waals surface area contributed by atoms with E-state index in [0.29, 0.717) is 36.7 Å². The Labute approximate surface area is 285 Å². The molecular formula is C36H46F3N7O3. The van der Waals surface area contributed by atoms with Gasteiger partial charge in [-0.25, -0.2) is 0 Å². The number of pyridine rings is 1. The molecule has 3 aromatic rings. The number of benzene rings is 1. The maximum absolute atomic E-state index is 14.7. The lowest BCUT2D eigenvalue weighted by atomic mass is 9.62. The van der Waals surface area contributed by atoms with E-state index < -0.39 is 23.1 Å². The van der Waals surface area contributed by atoms with E-state index in [4.69, 9.17) is 14.5 Å². The van der Waals surface area contributed by atoms with E-state index in [1.165, 1.54) is 11.0 Å². The van der Waals surface area contributed by atoms with Crippen LogP contribution in [0.5, 0.6) is 5.88 Å². The second-order valence-electron chi connectivity index (χ2n) is 14.8. The van der Waals surface area contributed by atoms with Gasteiger partial charge in [0.05, 0.1) is 23.6 Å². The SMILES string of the molecule is COC1CC(c2cc(OC3CCCC3)nc(N3Cc4c(cc(CN5CCN(C)C[C@@H]5C(C)C)cc4C(F)(F)F)C3=O)c2)(c2nncn2C)C1. The summed E-state index contributed by atoms with van der Waals surface area (Å²) in [5.41, 5.74) is 0.0255. The van der Waals surface area contributed by atoms with Crippen molar-refractivity contribution in [2.45, 2.75) is 95.3 Å². The normalized spacial score (nSPS) is 25.3. The highest BCUT2D eigenvalue weighted by atomic mass is 19.4. The van der Waals surface area contributed by atoms with Crippen LogP contribution in [0, 0.1) is 5.92 Å². The quantitative estimate of drug-likeness (QED) is 0.290. The Kier molecular flexibility index (Phi) is 8.98. The number of nitrogens with zero attached hydrogens (tertiary/aromatic N) is 7. The molecule has 13 heteroatoms. The number of alkyl halides is 3. The van der Waals surface area contributed by atoms with Gasteiger partial charge in [0.1, 0.15) is 24.1 Å². The first kappa shape index (κ1) is 33.9. The number of halogens is 3. The minimum absolute atomic E-state index is 0.00597. The number of carbonyl (C=O) groups excluding carboxylic acids is 1. The maximum Gasteiger partial charge on any atom is 0.416 e. The van der Waals surface area contributed by atoms with Gasteiger partial charge in [-0.05, 0) is 86.4 Å². The van der Waals surface area contributed by atoms with Crippen molar-refractivity contribution in [2.75, 3.05) is 38.7 Å². The maximum atomic E-state index is 14.7. The molecule has 0 bridgehead atoms. The molecule has 4 aliphatic rings. The fourth-order valence-electron chi connectivity index (χ4n) is 8.34. The Morgan fingerprint density at radius 1 is 1.04 bits per heavy atom. The summed E-state index contributed by atoms with van der Waals surface area (Å²) in [6, 6.07) is 6.82. The standard InChI is InChI=1S/C36H46F3N7O3/c1-22(2)30-20-43(3)10-11-45(30)18-23-12-27-28(29(13-23)36(37,38)39)19-46(33(27)47)31-14-24(15-32(41-31)49-25-8-6-7-9-25)35(16-26(17-35)48-5)34-42-40-21-44(34)4/h12-15,21-22,25-26,30H,6-11,16-20H2,1-5H3/t26?,30-,35?/m1/s1. The van der Waals surface area contributed by atoms with Crippen molar-refractivity contribution < 1.29 is 27.4 Å². The molecule has 10 nitrogen and oxygen atoms in total. The summed E-state index contributed by atoms with van der Waals surface area (Å²) in [6.07, 6.45) is 2.18. The first-order valence-corrected chi connectivity index (χ1v) is 17.4. The topological polar surface area (TPSA) is 88.8 Å². The van der Waals surface area contributed by atoms with Crippen LogP contribution in [0.1, 0.15) is 90.8 Å². The molecule has 1 saturated heterocycles. The number of fused-ring (bicyclic) bond motifs is 1. The molecule has 1 aromatic carbocycles. The second-order valence-corrected chi connectivity index (χ2v) is 14.8. The molecular weight excluding hydrogens is 635 g/mol. The van der Waals surface area contributed by atoms with Gasteiger partial charge in [0.2, 0.25) is 5.88 Å². The van der Waals surface area contributed by atoms with Crippen molar-refractivity contribution >= 4 is 11.7 Å². The molecule has 4 heterocycles. The van der Waals surface area contributed by atoms with E-state index >= 15 is 0 Å². The van der Waals surface area contributed by atoms with Crippen molar-refractivity contribution in [1.29, 1.82) is 0 Å². The van der Waals surface area contributed by atoms with Crippen molar-refractivity contribution in [3.05, 3.63) is 64.2 Å². The van der Waals surface area contributed by atoms with E-state index in [2.05, 4.69) is 40.9 Å². The Bertz CT molecular complexity index is 1700. The monoisotopic (exact) mass is 681 g/mol. The number of rotatable bonds is 9. The highest BCUT2D eigenvalue weighted by molar-refractivity contribution is 6.10. The van der Waals surface area contributed by atoms with Crippen LogP contribution in [0.3, 0.4) is 0 Å². The summed E-state index contributed by atoms with van der Waals surface area (Å²) in [7, 11) is 5.63. The van der Waals surface area contributed by atoms with E-state index in [0.717, 1.165) is 56.7 Å². The lowest BCUT2D eigenvalue weighted by Gasteiger charge is -2.46. The number of aryl methyl sites for hydroxylation is 1. The van der Waals surface area contributed by atoms with Crippen molar-refractivity contribution in [3.63, 3.8) is 0 Å². The number of carbonyl (C=O) groups is 1. The summed E-state index contributed by atoms with van der Waals surface area (Å²) in [5, 5.41) is 8.60. The number of likely N-dealkylation sites (N-methyl/N-ethyl adjacent to an activating group) is 1. The van der Waals surface area contributed by atoms with E-state index in [9.17, 15) is 18.0 Å². The molecule has 49 heavy (non-hydrogen) atoms. The highest BCUT2D eigenvalue weighted by Gasteiger charge is 2.51. The lowest BCUT2D eigenvalue weighted by Crippen LogP contribution is -2.53. The molecule has 3 fully saturated rings. The van der Waals surface area contributed by atoms with Gasteiger partial charge in [-0.1, -0.05) is 13.8 Å². The average molecular weight is 682 g/mol. The number of ether oxygens (including phenoxy) is 2. The van der Waals surface area contributed by atoms with E-state index in [-0.39, 0.29) is 41.7 Å². The lowest BCUT2D eigenvalue weighted by molar-refractivity contribution is -0.138. The van der Waals surface area contributed by atoms with Crippen LogP contribution in [0.2, 0.25) is 0 Å². The zero-order chi connectivity index (χ0) is 34.7. The van der Waals surface area contributed by atoms with Crippen LogP contribution in [0.4, 0.5) is 19.0 Å². The van der Waals surface area contributed by atoms with E-state index in [1.807, 2.05) is 23.7 Å². The first-order chi connectivity index (χ1) is 23.4. The van der Waals surface area contributed by atoms with Gasteiger partial charge in [0.25, 0.3) is 5.91 Å². The molecule has 2 aliphatic carbocycles. The fourth-order valence-corrected chi connectivity index (χ4v) is 8.34. The van der Waals surface area contributed by atoms with Gasteiger partial charge in [-0.2, -0.15) is 18.2 Å². The third-order valence-electron chi connectivity index (χ3n) is 11.1. The van der Waals surface area contributed by atoms with Crippen LogP contribution in [-0.2, 0) is 36.5 Å². The molecule has 0 N–H and O–H groups in total. The third kappa shape index (κ3) is 6.33. The summed E-state index contributed by atoms with van der Waals surface area (Å²) in [6.45, 7) is 6.81. The van der Waals surface area contributed by atoms with Crippen molar-refractivity contribution in [2.24, 2.45) is 13.0 Å². The Balaban J connectivity index is 1.27. The predicted octanol–water partition coefficient (Wildman–Crippen LogP) is 5.58. The molecule has 2 saturated carbocycles. The Morgan fingerprint density at radius 3 is 2.45 bits per heavy atom. The van der Waals surface area contributed by atoms with Crippen LogP contribution in [0.15, 0.2) is 30.6 Å². The molecule has 2 aliphatic heterocycles. The van der Waals surface area contributed by atoms with Gasteiger partial charge in [-0.3, -0.25) is 14.6 Å². The molecule has 1 amide bonds. The number of hydrogen-bond acceptors (Lipinski definition) is 8. The van der Waals surface area contributed by atoms with Crippen LogP contribution in [0.25, 0.3) is 0 Å². The largest absolute Gasteiger partial charge is 0.474 e. The van der Waals surface area contributed by atoms with Crippen molar-refractivity contribution in [3.8, 4) is 5.88 Å². The van der Waals surface area contributed by atoms with Crippen molar-refractivity contribution in [1.82, 2.24) is 29.5 Å². The summed E-state index contributed by atoms with van der Waals surface area (Å²) in [4.78, 5) is 24.9. The Hall–Kier alpha value is -3.55. The molecule has 2 aromatic heterocycles. The smallest absolute Gasteiger partial charge is 0.416 e. The average Bonchev–Trinajstić information content (AvgIpc) is 3.78. The van der Waals surface area contributed by atoms with E-state index in [1.54, 1.807) is 19.5 Å². The first-order valence-electron chi connectivity index (χ1n) is 17.4. The molecule has 0 unspecified atom stereocenters. The minimum Gasteiger partial charge on any atom is -0.474 e. The number of amides is 1. The number of hydrogen-bond donors (Lipinski definition) is 0. The summed E-state index contributed by atoms with van der Waals surface area (Å²) in [5.74, 6) is 1.21.